The monoisotopic (exact) mass is 462 g/mol. The first-order valence-corrected chi connectivity index (χ1v) is 9.63. The number of anilines is 1. The first-order chi connectivity index (χ1) is 15.2. The third-order valence-corrected chi connectivity index (χ3v) is 4.82. The second-order valence-corrected chi connectivity index (χ2v) is 7.24. The number of nitrogens with zero attached hydrogens (tertiary/aromatic N) is 1. The summed E-state index contributed by atoms with van der Waals surface area (Å²) in [7, 11) is 0. The SMILES string of the molecule is Cc1cccc(N2C(=O)/C(=C\c3ccc(COc4c(F)c(F)cc(F)c4F)o3)NC2=S)c1. The zero-order valence-corrected chi connectivity index (χ0v) is 17.2. The van der Waals surface area contributed by atoms with Crippen molar-refractivity contribution >= 4 is 35.0 Å². The van der Waals surface area contributed by atoms with Gasteiger partial charge in [0.2, 0.25) is 11.6 Å². The van der Waals surface area contributed by atoms with Gasteiger partial charge in [0.15, 0.2) is 22.5 Å². The second-order valence-electron chi connectivity index (χ2n) is 6.86. The summed E-state index contributed by atoms with van der Waals surface area (Å²) in [6.45, 7) is 1.38. The lowest BCUT2D eigenvalue weighted by molar-refractivity contribution is -0.113. The molecule has 5 nitrogen and oxygen atoms in total. The average molecular weight is 462 g/mol. The zero-order chi connectivity index (χ0) is 23.0. The van der Waals surface area contributed by atoms with Gasteiger partial charge in [-0.3, -0.25) is 9.69 Å². The molecular formula is C22H14F4N2O3S. The van der Waals surface area contributed by atoms with Crippen LogP contribution in [0.3, 0.4) is 0 Å². The van der Waals surface area contributed by atoms with Gasteiger partial charge in [0.1, 0.15) is 23.8 Å². The van der Waals surface area contributed by atoms with Crippen LogP contribution in [0.4, 0.5) is 23.2 Å². The number of furan rings is 1. The predicted octanol–water partition coefficient (Wildman–Crippen LogP) is 4.99. The van der Waals surface area contributed by atoms with E-state index in [0.717, 1.165) is 5.56 Å². The molecule has 1 fully saturated rings. The molecule has 1 aromatic heterocycles. The number of hydrogen-bond acceptors (Lipinski definition) is 4. The Balaban J connectivity index is 1.50. The first-order valence-electron chi connectivity index (χ1n) is 9.23. The fourth-order valence-electron chi connectivity index (χ4n) is 3.05. The van der Waals surface area contributed by atoms with E-state index in [2.05, 4.69) is 5.32 Å². The molecule has 1 N–H and O–H groups in total. The summed E-state index contributed by atoms with van der Waals surface area (Å²) in [5.74, 6) is -7.72. The van der Waals surface area contributed by atoms with Crippen LogP contribution >= 0.6 is 12.2 Å². The summed E-state index contributed by atoms with van der Waals surface area (Å²) in [5.41, 5.74) is 1.72. The van der Waals surface area contributed by atoms with E-state index < -0.39 is 41.5 Å². The lowest BCUT2D eigenvalue weighted by atomic mass is 10.2. The normalized spacial score (nSPS) is 14.9. The molecule has 1 aliphatic heterocycles. The maximum absolute atomic E-state index is 13.7. The number of thiocarbonyl (C=S) groups is 1. The van der Waals surface area contributed by atoms with Crippen molar-refractivity contribution in [3.8, 4) is 5.75 Å². The Labute approximate surface area is 184 Å². The standard InChI is InChI=1S/C22H14F4N2O3S/c1-11-3-2-4-12(7-11)28-21(29)17(27-22(28)32)8-13-5-6-14(31-13)10-30-20-18(25)15(23)9-16(24)19(20)26/h2-9H,10H2,1H3,(H,27,32)/b17-8+. The summed E-state index contributed by atoms with van der Waals surface area (Å²) in [4.78, 5) is 14.1. The van der Waals surface area contributed by atoms with Gasteiger partial charge in [0, 0.05) is 12.1 Å². The van der Waals surface area contributed by atoms with Crippen molar-refractivity contribution in [1.82, 2.24) is 5.32 Å². The van der Waals surface area contributed by atoms with Crippen molar-refractivity contribution < 1.29 is 31.5 Å². The van der Waals surface area contributed by atoms with Crippen molar-refractivity contribution in [3.05, 3.63) is 88.5 Å². The molecule has 0 bridgehead atoms. The maximum atomic E-state index is 13.7. The number of aryl methyl sites for hydroxylation is 1. The molecule has 0 spiro atoms. The van der Waals surface area contributed by atoms with E-state index in [1.54, 1.807) is 12.1 Å². The fraction of sp³-hybridized carbons (Fsp3) is 0.0909. The van der Waals surface area contributed by atoms with E-state index in [9.17, 15) is 22.4 Å². The molecule has 0 radical (unpaired) electrons. The Morgan fingerprint density at radius 3 is 2.50 bits per heavy atom. The zero-order valence-electron chi connectivity index (χ0n) is 16.4. The average Bonchev–Trinajstić information content (AvgIpc) is 3.30. The summed E-state index contributed by atoms with van der Waals surface area (Å²) >= 11 is 5.25. The quantitative estimate of drug-likeness (QED) is 0.251. The molecule has 0 atom stereocenters. The highest BCUT2D eigenvalue weighted by Gasteiger charge is 2.32. The van der Waals surface area contributed by atoms with Crippen molar-refractivity contribution in [2.45, 2.75) is 13.5 Å². The third kappa shape index (κ3) is 4.09. The van der Waals surface area contributed by atoms with Gasteiger partial charge in [0.25, 0.3) is 5.91 Å². The second kappa shape index (κ2) is 8.46. The summed E-state index contributed by atoms with van der Waals surface area (Å²) in [6, 6.07) is 10.2. The van der Waals surface area contributed by atoms with Crippen LogP contribution in [0, 0.1) is 30.2 Å². The first kappa shape index (κ1) is 21.6. The molecule has 2 aromatic carbocycles. The van der Waals surface area contributed by atoms with Gasteiger partial charge in [-0.05, 0) is 49.0 Å². The van der Waals surface area contributed by atoms with E-state index >= 15 is 0 Å². The number of rotatable bonds is 5. The number of carbonyl (C=O) groups excluding carboxylic acids is 1. The van der Waals surface area contributed by atoms with E-state index in [4.69, 9.17) is 21.4 Å². The topological polar surface area (TPSA) is 54.7 Å². The highest BCUT2D eigenvalue weighted by Crippen LogP contribution is 2.28. The Morgan fingerprint density at radius 2 is 1.81 bits per heavy atom. The van der Waals surface area contributed by atoms with E-state index in [1.807, 2.05) is 19.1 Å². The van der Waals surface area contributed by atoms with Gasteiger partial charge in [-0.2, -0.15) is 8.78 Å². The molecule has 1 saturated heterocycles. The largest absolute Gasteiger partial charge is 0.479 e. The molecule has 4 rings (SSSR count). The summed E-state index contributed by atoms with van der Waals surface area (Å²) in [6.07, 6.45) is 1.40. The maximum Gasteiger partial charge on any atom is 0.281 e. The Morgan fingerprint density at radius 1 is 1.09 bits per heavy atom. The molecule has 10 heteroatoms. The third-order valence-electron chi connectivity index (χ3n) is 4.54. The molecule has 3 aromatic rings. The number of benzene rings is 2. The van der Waals surface area contributed by atoms with Gasteiger partial charge in [-0.15, -0.1) is 0 Å². The number of hydrogen-bond donors (Lipinski definition) is 1. The Kier molecular flexibility index (Phi) is 5.70. The van der Waals surface area contributed by atoms with Gasteiger partial charge < -0.3 is 14.5 Å². The molecule has 32 heavy (non-hydrogen) atoms. The number of halogens is 4. The molecular weight excluding hydrogens is 448 g/mol. The summed E-state index contributed by atoms with van der Waals surface area (Å²) < 4.78 is 64.3. The van der Waals surface area contributed by atoms with Gasteiger partial charge >= 0.3 is 0 Å². The van der Waals surface area contributed by atoms with E-state index in [-0.39, 0.29) is 28.4 Å². The van der Waals surface area contributed by atoms with Crippen molar-refractivity contribution in [2.75, 3.05) is 4.90 Å². The van der Waals surface area contributed by atoms with E-state index in [1.165, 1.54) is 23.1 Å². The Hall–Kier alpha value is -3.66. The number of nitrogens with one attached hydrogen (secondary N) is 1. The number of carbonyl (C=O) groups is 1. The molecule has 1 amide bonds. The molecule has 0 unspecified atom stereocenters. The molecule has 164 valence electrons. The van der Waals surface area contributed by atoms with Crippen LogP contribution in [0.25, 0.3) is 6.08 Å². The van der Waals surface area contributed by atoms with Crippen molar-refractivity contribution in [2.24, 2.45) is 0 Å². The smallest absolute Gasteiger partial charge is 0.281 e. The van der Waals surface area contributed by atoms with Gasteiger partial charge in [0.05, 0.1) is 5.69 Å². The lowest BCUT2D eigenvalue weighted by Crippen LogP contribution is -2.30. The van der Waals surface area contributed by atoms with Crippen LogP contribution in [-0.4, -0.2) is 11.0 Å². The highest BCUT2D eigenvalue weighted by molar-refractivity contribution is 7.80. The number of ether oxygens (including phenoxy) is 1. The predicted molar refractivity (Wildman–Crippen MR) is 112 cm³/mol. The van der Waals surface area contributed by atoms with Crippen molar-refractivity contribution in [3.63, 3.8) is 0 Å². The van der Waals surface area contributed by atoms with Crippen LogP contribution in [0.5, 0.6) is 5.75 Å². The fourth-order valence-corrected chi connectivity index (χ4v) is 3.35. The Bertz CT molecular complexity index is 1250. The number of amides is 1. The minimum absolute atomic E-state index is 0.0881. The molecule has 0 aliphatic carbocycles. The molecule has 2 heterocycles. The van der Waals surface area contributed by atoms with Crippen LogP contribution in [0.2, 0.25) is 0 Å². The molecule has 0 saturated carbocycles. The van der Waals surface area contributed by atoms with Crippen LogP contribution in [0.15, 0.2) is 52.6 Å². The van der Waals surface area contributed by atoms with Crippen molar-refractivity contribution in [1.29, 1.82) is 0 Å². The highest BCUT2D eigenvalue weighted by atomic mass is 32.1. The van der Waals surface area contributed by atoms with Gasteiger partial charge in [-0.25, -0.2) is 8.78 Å². The van der Waals surface area contributed by atoms with Crippen LogP contribution < -0.4 is 15.0 Å². The summed E-state index contributed by atoms with van der Waals surface area (Å²) in [5, 5.41) is 3.01. The minimum atomic E-state index is -1.65. The lowest BCUT2D eigenvalue weighted by Gasteiger charge is -2.14. The molecule has 1 aliphatic rings. The van der Waals surface area contributed by atoms with Crippen LogP contribution in [0.1, 0.15) is 17.1 Å². The van der Waals surface area contributed by atoms with E-state index in [0.29, 0.717) is 5.69 Å². The van der Waals surface area contributed by atoms with Crippen LogP contribution in [-0.2, 0) is 11.4 Å². The minimum Gasteiger partial charge on any atom is -0.479 e. The van der Waals surface area contributed by atoms with Gasteiger partial charge in [-0.1, -0.05) is 12.1 Å².